The molecule has 1 saturated heterocycles. The minimum Gasteiger partial charge on any atom is -0.303 e. The number of halogens is 1. The summed E-state index contributed by atoms with van der Waals surface area (Å²) >= 11 is 2.57. The van der Waals surface area contributed by atoms with E-state index >= 15 is 0 Å². The molecule has 0 amide bonds. The Morgan fingerprint density at radius 1 is 1.58 bits per heavy atom. The number of alkyl halides is 1. The third-order valence-electron chi connectivity index (χ3n) is 2.54. The highest BCUT2D eigenvalue weighted by atomic mass is 127. The molecule has 72 valence electrons. The van der Waals surface area contributed by atoms with Gasteiger partial charge in [-0.15, -0.1) is 0 Å². The van der Waals surface area contributed by atoms with Crippen LogP contribution in [0.25, 0.3) is 0 Å². The van der Waals surface area contributed by atoms with Crippen LogP contribution in [0.2, 0.25) is 0 Å². The van der Waals surface area contributed by atoms with E-state index in [0.29, 0.717) is 0 Å². The highest BCUT2D eigenvalue weighted by molar-refractivity contribution is 14.1. The van der Waals surface area contributed by atoms with Crippen LogP contribution in [-0.2, 0) is 0 Å². The number of unbranched alkanes of at least 4 members (excludes halogenated alkanes) is 1. The molecule has 1 aliphatic rings. The van der Waals surface area contributed by atoms with E-state index in [1.165, 1.54) is 25.8 Å². The van der Waals surface area contributed by atoms with E-state index in [1.807, 2.05) is 0 Å². The van der Waals surface area contributed by atoms with Crippen molar-refractivity contribution in [2.24, 2.45) is 0 Å². The maximum atomic E-state index is 3.41. The fourth-order valence-electron chi connectivity index (χ4n) is 1.72. The van der Waals surface area contributed by atoms with Crippen molar-refractivity contribution in [2.45, 2.75) is 36.2 Å². The standard InChI is InChI=1S/C9H19IN2/c1-3-4-5-9-8(10)6-11-7-12(9)2/h8-9,11H,3-7H2,1-2H3. The number of hydrogen-bond acceptors (Lipinski definition) is 2. The monoisotopic (exact) mass is 282 g/mol. The van der Waals surface area contributed by atoms with Crippen LogP contribution >= 0.6 is 22.6 Å². The van der Waals surface area contributed by atoms with Gasteiger partial charge in [-0.25, -0.2) is 0 Å². The lowest BCUT2D eigenvalue weighted by Gasteiger charge is -2.37. The minimum absolute atomic E-state index is 0.785. The zero-order valence-corrected chi connectivity index (χ0v) is 10.2. The average Bonchev–Trinajstić information content (AvgIpc) is 2.04. The molecule has 2 atom stereocenters. The summed E-state index contributed by atoms with van der Waals surface area (Å²) in [5, 5.41) is 3.41. The lowest BCUT2D eigenvalue weighted by atomic mass is 10.0. The van der Waals surface area contributed by atoms with Crippen LogP contribution in [-0.4, -0.2) is 35.1 Å². The lowest BCUT2D eigenvalue weighted by molar-refractivity contribution is 0.175. The Balaban J connectivity index is 2.34. The van der Waals surface area contributed by atoms with E-state index in [2.05, 4.69) is 46.8 Å². The van der Waals surface area contributed by atoms with Crippen LogP contribution in [0.15, 0.2) is 0 Å². The molecular formula is C9H19IN2. The van der Waals surface area contributed by atoms with Crippen LogP contribution in [0.4, 0.5) is 0 Å². The second kappa shape index (κ2) is 5.40. The molecule has 0 aliphatic carbocycles. The van der Waals surface area contributed by atoms with Gasteiger partial charge in [-0.05, 0) is 13.5 Å². The molecule has 1 N–H and O–H groups in total. The summed E-state index contributed by atoms with van der Waals surface area (Å²) in [5.41, 5.74) is 0. The maximum Gasteiger partial charge on any atom is 0.0481 e. The van der Waals surface area contributed by atoms with Crippen molar-refractivity contribution in [3.63, 3.8) is 0 Å². The smallest absolute Gasteiger partial charge is 0.0481 e. The van der Waals surface area contributed by atoms with Gasteiger partial charge in [0.1, 0.15) is 0 Å². The van der Waals surface area contributed by atoms with E-state index in [4.69, 9.17) is 0 Å². The van der Waals surface area contributed by atoms with E-state index < -0.39 is 0 Å². The van der Waals surface area contributed by atoms with Gasteiger partial charge >= 0.3 is 0 Å². The fourth-order valence-corrected chi connectivity index (χ4v) is 2.94. The molecule has 12 heavy (non-hydrogen) atoms. The van der Waals surface area contributed by atoms with Crippen molar-refractivity contribution < 1.29 is 0 Å². The van der Waals surface area contributed by atoms with Crippen LogP contribution in [0.5, 0.6) is 0 Å². The second-order valence-electron chi connectivity index (χ2n) is 3.59. The summed E-state index contributed by atoms with van der Waals surface area (Å²) in [7, 11) is 2.22. The second-order valence-corrected chi connectivity index (χ2v) is 5.19. The molecule has 3 heteroatoms. The first-order valence-electron chi connectivity index (χ1n) is 4.80. The topological polar surface area (TPSA) is 15.3 Å². The van der Waals surface area contributed by atoms with Crippen molar-refractivity contribution in [1.29, 1.82) is 0 Å². The summed E-state index contributed by atoms with van der Waals surface area (Å²) in [4.78, 5) is 2.44. The average molecular weight is 282 g/mol. The van der Waals surface area contributed by atoms with Crippen molar-refractivity contribution in [3.05, 3.63) is 0 Å². The summed E-state index contributed by atoms with van der Waals surface area (Å²) in [6.45, 7) is 4.51. The van der Waals surface area contributed by atoms with Gasteiger partial charge in [0, 0.05) is 23.2 Å². The highest BCUT2D eigenvalue weighted by Crippen LogP contribution is 2.19. The summed E-state index contributed by atoms with van der Waals surface area (Å²) in [6, 6.07) is 0.798. The Labute approximate surface area is 89.2 Å². The van der Waals surface area contributed by atoms with Crippen LogP contribution in [0.1, 0.15) is 26.2 Å². The van der Waals surface area contributed by atoms with Crippen LogP contribution < -0.4 is 5.32 Å². The van der Waals surface area contributed by atoms with Crippen molar-refractivity contribution in [2.75, 3.05) is 20.3 Å². The molecule has 1 aliphatic heterocycles. The van der Waals surface area contributed by atoms with E-state index in [0.717, 1.165) is 16.6 Å². The SMILES string of the molecule is CCCCC1C(I)CNCN1C. The third kappa shape index (κ3) is 2.85. The minimum atomic E-state index is 0.785. The molecule has 0 radical (unpaired) electrons. The van der Waals surface area contributed by atoms with Gasteiger partial charge in [-0.2, -0.15) is 0 Å². The van der Waals surface area contributed by atoms with E-state index in [1.54, 1.807) is 0 Å². The number of nitrogens with zero attached hydrogens (tertiary/aromatic N) is 1. The Kier molecular flexibility index (Phi) is 4.82. The first-order valence-corrected chi connectivity index (χ1v) is 6.05. The highest BCUT2D eigenvalue weighted by Gasteiger charge is 2.25. The first kappa shape index (κ1) is 10.7. The van der Waals surface area contributed by atoms with Crippen molar-refractivity contribution in [1.82, 2.24) is 10.2 Å². The fraction of sp³-hybridized carbons (Fsp3) is 1.00. The third-order valence-corrected chi connectivity index (χ3v) is 3.81. The number of nitrogens with one attached hydrogen (secondary N) is 1. The first-order chi connectivity index (χ1) is 5.75. The molecule has 2 nitrogen and oxygen atoms in total. The molecule has 2 unspecified atom stereocenters. The van der Waals surface area contributed by atoms with Gasteiger partial charge in [0.25, 0.3) is 0 Å². The summed E-state index contributed by atoms with van der Waals surface area (Å²) in [5.74, 6) is 0. The number of rotatable bonds is 3. The zero-order chi connectivity index (χ0) is 8.97. The lowest BCUT2D eigenvalue weighted by Crippen LogP contribution is -2.52. The summed E-state index contributed by atoms with van der Waals surface area (Å²) in [6.07, 6.45) is 4.05. The summed E-state index contributed by atoms with van der Waals surface area (Å²) < 4.78 is 0.785. The predicted octanol–water partition coefficient (Wildman–Crippen LogP) is 1.84. The van der Waals surface area contributed by atoms with Gasteiger partial charge in [0.15, 0.2) is 0 Å². The van der Waals surface area contributed by atoms with Gasteiger partial charge in [-0.3, -0.25) is 4.90 Å². The van der Waals surface area contributed by atoms with E-state index in [-0.39, 0.29) is 0 Å². The molecule has 0 aromatic carbocycles. The maximum absolute atomic E-state index is 3.41. The van der Waals surface area contributed by atoms with Gasteiger partial charge < -0.3 is 5.32 Å². The zero-order valence-electron chi connectivity index (χ0n) is 8.02. The van der Waals surface area contributed by atoms with Gasteiger partial charge in [0.2, 0.25) is 0 Å². The molecule has 1 heterocycles. The molecule has 0 bridgehead atoms. The molecule has 0 spiro atoms. The van der Waals surface area contributed by atoms with Crippen LogP contribution in [0.3, 0.4) is 0 Å². The van der Waals surface area contributed by atoms with Gasteiger partial charge in [-0.1, -0.05) is 42.4 Å². The Morgan fingerprint density at radius 2 is 2.33 bits per heavy atom. The molecule has 1 rings (SSSR count). The predicted molar refractivity (Wildman–Crippen MR) is 61.8 cm³/mol. The normalized spacial score (nSPS) is 32.2. The van der Waals surface area contributed by atoms with Crippen molar-refractivity contribution in [3.8, 4) is 0 Å². The Morgan fingerprint density at radius 3 is 2.92 bits per heavy atom. The van der Waals surface area contributed by atoms with Gasteiger partial charge in [0.05, 0.1) is 0 Å². The molecule has 1 fully saturated rings. The molecule has 0 aromatic rings. The molecular weight excluding hydrogens is 263 g/mol. The van der Waals surface area contributed by atoms with E-state index in [9.17, 15) is 0 Å². The van der Waals surface area contributed by atoms with Crippen molar-refractivity contribution >= 4 is 22.6 Å². The quantitative estimate of drug-likeness (QED) is 0.627. The largest absolute Gasteiger partial charge is 0.303 e. The van der Waals surface area contributed by atoms with Crippen LogP contribution in [0, 0.1) is 0 Å². The molecule has 0 aromatic heterocycles. The Bertz CT molecular complexity index is 120. The Hall–Kier alpha value is 0.650. The number of hydrogen-bond donors (Lipinski definition) is 1. The molecule has 0 saturated carbocycles.